The van der Waals surface area contributed by atoms with Crippen molar-refractivity contribution in [3.63, 3.8) is 0 Å². The number of allylic oxidation sites excluding steroid dienone is 6. The van der Waals surface area contributed by atoms with Gasteiger partial charge in [0.05, 0.1) is 0 Å². The highest BCUT2D eigenvalue weighted by molar-refractivity contribution is 5.32. The van der Waals surface area contributed by atoms with Crippen molar-refractivity contribution in [1.29, 1.82) is 0 Å². The van der Waals surface area contributed by atoms with Gasteiger partial charge in [0.1, 0.15) is 0 Å². The fourth-order valence-electron chi connectivity index (χ4n) is 1.24. The molecule has 0 atom stereocenters. The minimum absolute atomic E-state index is 0.0969. The predicted molar refractivity (Wildman–Crippen MR) is 46.3 cm³/mol. The summed E-state index contributed by atoms with van der Waals surface area (Å²) in [5, 5.41) is 0. The van der Waals surface area contributed by atoms with Crippen LogP contribution in [0.25, 0.3) is 0 Å². The maximum absolute atomic E-state index is 12.1. The molecule has 0 fully saturated rings. The third-order valence-corrected chi connectivity index (χ3v) is 1.93. The molecule has 0 amide bonds. The Bertz CT molecular complexity index is 266. The molecule has 1 aliphatic rings. The van der Waals surface area contributed by atoms with E-state index in [0.29, 0.717) is 6.42 Å². The van der Waals surface area contributed by atoms with Crippen molar-refractivity contribution >= 4 is 0 Å². The molecule has 0 aromatic rings. The highest BCUT2D eigenvalue weighted by Crippen LogP contribution is 2.32. The van der Waals surface area contributed by atoms with Crippen molar-refractivity contribution in [2.45, 2.75) is 25.9 Å². The molecule has 0 saturated heterocycles. The van der Waals surface area contributed by atoms with E-state index in [0.717, 1.165) is 5.57 Å². The van der Waals surface area contributed by atoms with Crippen molar-refractivity contribution in [3.05, 3.63) is 35.5 Å². The second-order valence-electron chi connectivity index (χ2n) is 2.93. The third kappa shape index (κ3) is 2.76. The van der Waals surface area contributed by atoms with Gasteiger partial charge in [0, 0.05) is 5.57 Å². The standard InChI is InChI=1S/C10H11F3/c1-2-3-8-4-6-9(7-5-8)10(11,12)13/h2-4,6H,5,7H2,1H3/b3-2+. The summed E-state index contributed by atoms with van der Waals surface area (Å²) in [6.07, 6.45) is 2.79. The van der Waals surface area contributed by atoms with Gasteiger partial charge in [-0.2, -0.15) is 13.2 Å². The molecule has 0 aromatic heterocycles. The van der Waals surface area contributed by atoms with Gasteiger partial charge in [0.15, 0.2) is 0 Å². The van der Waals surface area contributed by atoms with Crippen LogP contribution in [0.15, 0.2) is 35.5 Å². The van der Waals surface area contributed by atoms with Crippen LogP contribution in [0.5, 0.6) is 0 Å². The van der Waals surface area contributed by atoms with Gasteiger partial charge in [0.25, 0.3) is 0 Å². The summed E-state index contributed by atoms with van der Waals surface area (Å²) in [5.41, 5.74) is 0.524. The molecule has 0 nitrogen and oxygen atoms in total. The van der Waals surface area contributed by atoms with E-state index in [1.165, 1.54) is 12.2 Å². The van der Waals surface area contributed by atoms with Crippen LogP contribution < -0.4 is 0 Å². The number of rotatable bonds is 1. The first-order valence-electron chi connectivity index (χ1n) is 4.13. The van der Waals surface area contributed by atoms with E-state index < -0.39 is 11.7 Å². The molecule has 0 spiro atoms. The van der Waals surface area contributed by atoms with E-state index in [1.807, 2.05) is 19.1 Å². The predicted octanol–water partition coefficient (Wildman–Crippen LogP) is 3.77. The lowest BCUT2D eigenvalue weighted by Gasteiger charge is -2.14. The van der Waals surface area contributed by atoms with Crippen molar-refractivity contribution in [3.8, 4) is 0 Å². The number of hydrogen-bond donors (Lipinski definition) is 0. The van der Waals surface area contributed by atoms with E-state index in [9.17, 15) is 13.2 Å². The van der Waals surface area contributed by atoms with Gasteiger partial charge >= 0.3 is 6.18 Å². The summed E-state index contributed by atoms with van der Waals surface area (Å²) in [6.45, 7) is 1.85. The van der Waals surface area contributed by atoms with Gasteiger partial charge in [-0.25, -0.2) is 0 Å². The summed E-state index contributed by atoms with van der Waals surface area (Å²) in [7, 11) is 0. The molecule has 0 aliphatic heterocycles. The molecule has 0 N–H and O–H groups in total. The zero-order valence-corrected chi connectivity index (χ0v) is 7.36. The Morgan fingerprint density at radius 3 is 2.31 bits per heavy atom. The normalized spacial score (nSPS) is 18.8. The van der Waals surface area contributed by atoms with E-state index in [-0.39, 0.29) is 6.42 Å². The first-order valence-corrected chi connectivity index (χ1v) is 4.13. The Balaban J connectivity index is 2.76. The SMILES string of the molecule is C/C=C/C1=CC=C(C(F)(F)F)CC1. The Labute approximate surface area is 75.4 Å². The minimum atomic E-state index is -4.15. The van der Waals surface area contributed by atoms with Gasteiger partial charge < -0.3 is 0 Å². The van der Waals surface area contributed by atoms with E-state index in [1.54, 1.807) is 0 Å². The molecule has 3 heteroatoms. The molecule has 0 bridgehead atoms. The maximum atomic E-state index is 12.1. The first-order chi connectivity index (χ1) is 6.04. The molecule has 72 valence electrons. The molecule has 0 saturated carbocycles. The van der Waals surface area contributed by atoms with Crippen molar-refractivity contribution < 1.29 is 13.2 Å². The molecule has 0 heterocycles. The third-order valence-electron chi connectivity index (χ3n) is 1.93. The largest absolute Gasteiger partial charge is 0.412 e. The summed E-state index contributed by atoms with van der Waals surface area (Å²) in [5.74, 6) is 0. The molecule has 0 unspecified atom stereocenters. The van der Waals surface area contributed by atoms with E-state index in [2.05, 4.69) is 0 Å². The molecular formula is C10H11F3. The fraction of sp³-hybridized carbons (Fsp3) is 0.400. The number of alkyl halides is 3. The zero-order valence-electron chi connectivity index (χ0n) is 7.36. The quantitative estimate of drug-likeness (QED) is 0.587. The zero-order chi connectivity index (χ0) is 9.90. The maximum Gasteiger partial charge on any atom is 0.412 e. The Morgan fingerprint density at radius 1 is 1.23 bits per heavy atom. The topological polar surface area (TPSA) is 0 Å². The minimum Gasteiger partial charge on any atom is -0.166 e. The van der Waals surface area contributed by atoms with Crippen LogP contribution in [-0.4, -0.2) is 6.18 Å². The molecule has 1 rings (SSSR count). The molecule has 13 heavy (non-hydrogen) atoms. The number of hydrogen-bond acceptors (Lipinski definition) is 0. The van der Waals surface area contributed by atoms with Crippen LogP contribution >= 0.6 is 0 Å². The second-order valence-corrected chi connectivity index (χ2v) is 2.93. The Morgan fingerprint density at radius 2 is 1.92 bits per heavy atom. The smallest absolute Gasteiger partial charge is 0.166 e. The van der Waals surface area contributed by atoms with Gasteiger partial charge in [0.2, 0.25) is 0 Å². The highest BCUT2D eigenvalue weighted by Gasteiger charge is 2.33. The van der Waals surface area contributed by atoms with Crippen LogP contribution in [0.2, 0.25) is 0 Å². The second kappa shape index (κ2) is 3.81. The highest BCUT2D eigenvalue weighted by atomic mass is 19.4. The Hall–Kier alpha value is -0.990. The van der Waals surface area contributed by atoms with Gasteiger partial charge in [-0.15, -0.1) is 0 Å². The molecule has 0 radical (unpaired) electrons. The molecule has 1 aliphatic carbocycles. The van der Waals surface area contributed by atoms with Crippen molar-refractivity contribution in [2.24, 2.45) is 0 Å². The lowest BCUT2D eigenvalue weighted by Crippen LogP contribution is -2.13. The van der Waals surface area contributed by atoms with Crippen LogP contribution in [-0.2, 0) is 0 Å². The van der Waals surface area contributed by atoms with E-state index >= 15 is 0 Å². The summed E-state index contributed by atoms with van der Waals surface area (Å²) in [6, 6.07) is 0. The van der Waals surface area contributed by atoms with Crippen LogP contribution in [0.4, 0.5) is 13.2 Å². The number of halogens is 3. The average molecular weight is 188 g/mol. The summed E-state index contributed by atoms with van der Waals surface area (Å²) < 4.78 is 36.4. The van der Waals surface area contributed by atoms with E-state index in [4.69, 9.17) is 0 Å². The van der Waals surface area contributed by atoms with Crippen molar-refractivity contribution in [1.82, 2.24) is 0 Å². The first kappa shape index (κ1) is 10.1. The molecular weight excluding hydrogens is 177 g/mol. The summed E-state index contributed by atoms with van der Waals surface area (Å²) >= 11 is 0. The lowest BCUT2D eigenvalue weighted by atomic mass is 9.98. The van der Waals surface area contributed by atoms with Gasteiger partial charge in [-0.1, -0.05) is 24.3 Å². The molecule has 0 aromatic carbocycles. The lowest BCUT2D eigenvalue weighted by molar-refractivity contribution is -0.0940. The van der Waals surface area contributed by atoms with Crippen LogP contribution in [0.1, 0.15) is 19.8 Å². The Kier molecular flexibility index (Phi) is 2.96. The van der Waals surface area contributed by atoms with Crippen LogP contribution in [0.3, 0.4) is 0 Å². The van der Waals surface area contributed by atoms with Gasteiger partial charge in [-0.05, 0) is 25.3 Å². The van der Waals surface area contributed by atoms with Crippen LogP contribution in [0, 0.1) is 0 Å². The fourth-order valence-corrected chi connectivity index (χ4v) is 1.24. The average Bonchev–Trinajstić information content (AvgIpc) is 2.04. The van der Waals surface area contributed by atoms with Gasteiger partial charge in [-0.3, -0.25) is 0 Å². The van der Waals surface area contributed by atoms with Crippen molar-refractivity contribution in [2.75, 3.05) is 0 Å². The monoisotopic (exact) mass is 188 g/mol. The summed E-state index contributed by atoms with van der Waals surface area (Å²) in [4.78, 5) is 0.